The molecule has 0 spiro atoms. The van der Waals surface area contributed by atoms with Gasteiger partial charge in [0.05, 0.1) is 48.4 Å². The molecule has 4 saturated carbocycles. The molecule has 7 aliphatic rings. The average molecular weight is 773 g/mol. The van der Waals surface area contributed by atoms with Crippen LogP contribution >= 0.6 is 0 Å². The first-order valence-electron chi connectivity index (χ1n) is 17.4. The molecule has 54 heavy (non-hydrogen) atoms. The third-order valence-corrected chi connectivity index (χ3v) is 13.5. The highest BCUT2D eigenvalue weighted by atomic mass is 16.6. The zero-order valence-electron chi connectivity index (χ0n) is 27.3. The molecule has 3 aliphatic heterocycles. The van der Waals surface area contributed by atoms with Crippen LogP contribution in [0.5, 0.6) is 0 Å². The van der Waals surface area contributed by atoms with E-state index in [9.17, 15) is 34.2 Å². The molecule has 7 fully saturated rings. The maximum Gasteiger partial charge on any atom is 0.317 e. The van der Waals surface area contributed by atoms with Gasteiger partial charge in [0.1, 0.15) is 12.2 Å². The van der Waals surface area contributed by atoms with Crippen LogP contribution in [0.4, 0.5) is 0 Å². The molecule has 6 bridgehead atoms. The summed E-state index contributed by atoms with van der Waals surface area (Å²) in [5, 5.41) is 19.6. The van der Waals surface area contributed by atoms with Crippen molar-refractivity contribution in [3.05, 3.63) is 0 Å². The predicted octanol–water partition coefficient (Wildman–Crippen LogP) is 8.19. The number of ether oxygens (including phenoxy) is 4. The van der Waals surface area contributed by atoms with Gasteiger partial charge in [0.2, 0.25) is 0 Å². The van der Waals surface area contributed by atoms with Gasteiger partial charge in [-0.3, -0.25) is 24.0 Å². The Morgan fingerprint density at radius 1 is 0.704 bits per heavy atom. The van der Waals surface area contributed by atoms with Crippen LogP contribution in [0, 0.1) is 88.8 Å². The predicted molar refractivity (Wildman–Crippen MR) is 212 cm³/mol. The van der Waals surface area contributed by atoms with Gasteiger partial charge in [-0.15, -0.1) is 0 Å². The molecular formula is C43H80O11. The highest BCUT2D eigenvalue weighted by Crippen LogP contribution is 2.68. The monoisotopic (exact) mass is 773 g/mol. The SMILES string of the molecule is C.C.C.C.C.C.C.C.CC1C2CCC(C2)C1C1C(=O)OC(=O)C1C1C2CC(CC2C(=O)OC(C)(C)C)C1C1C(C)C2OC1C(C(=O)O)C2C(=O)OCCO. The van der Waals surface area contributed by atoms with Crippen LogP contribution < -0.4 is 0 Å². The zero-order chi connectivity index (χ0) is 33.0. The van der Waals surface area contributed by atoms with Crippen LogP contribution in [-0.2, 0) is 42.9 Å². The van der Waals surface area contributed by atoms with Crippen molar-refractivity contribution in [2.45, 2.75) is 144 Å². The van der Waals surface area contributed by atoms with Crippen molar-refractivity contribution < 1.29 is 53.1 Å². The minimum absolute atomic E-state index is 0. The summed E-state index contributed by atoms with van der Waals surface area (Å²) in [6, 6.07) is 0. The molecule has 3 saturated heterocycles. The fourth-order valence-electron chi connectivity index (χ4n) is 12.2. The summed E-state index contributed by atoms with van der Waals surface area (Å²) < 4.78 is 22.9. The molecular weight excluding hydrogens is 692 g/mol. The van der Waals surface area contributed by atoms with Crippen LogP contribution in [0.15, 0.2) is 0 Å². The molecule has 4 aliphatic carbocycles. The Balaban J connectivity index is 0. The van der Waals surface area contributed by atoms with Gasteiger partial charge in [0.25, 0.3) is 0 Å². The van der Waals surface area contributed by atoms with Crippen molar-refractivity contribution in [1.82, 2.24) is 0 Å². The van der Waals surface area contributed by atoms with E-state index in [1.165, 1.54) is 0 Å². The van der Waals surface area contributed by atoms with E-state index in [0.29, 0.717) is 24.7 Å². The van der Waals surface area contributed by atoms with Gasteiger partial charge in [0.15, 0.2) is 0 Å². The van der Waals surface area contributed by atoms with Crippen LogP contribution in [0.1, 0.15) is 126 Å². The third kappa shape index (κ3) is 8.14. The van der Waals surface area contributed by atoms with Crippen molar-refractivity contribution in [3.8, 4) is 0 Å². The number of hydrogen-bond acceptors (Lipinski definition) is 10. The Hall–Kier alpha value is -2.53. The molecule has 0 aromatic heterocycles. The minimum atomic E-state index is -1.15. The van der Waals surface area contributed by atoms with Gasteiger partial charge in [-0.1, -0.05) is 73.3 Å². The van der Waals surface area contributed by atoms with Crippen LogP contribution in [0.2, 0.25) is 0 Å². The number of carbonyl (C=O) groups excluding carboxylic acids is 4. The van der Waals surface area contributed by atoms with E-state index in [1.54, 1.807) is 0 Å². The second-order valence-corrected chi connectivity index (χ2v) is 16.5. The summed E-state index contributed by atoms with van der Waals surface area (Å²) in [6.45, 7) is 9.08. The lowest BCUT2D eigenvalue weighted by molar-refractivity contribution is -0.167. The number of aliphatic hydroxyl groups is 1. The molecule has 17 unspecified atom stereocenters. The second-order valence-electron chi connectivity index (χ2n) is 16.5. The minimum Gasteiger partial charge on any atom is -0.481 e. The van der Waals surface area contributed by atoms with Crippen molar-refractivity contribution >= 4 is 29.8 Å². The van der Waals surface area contributed by atoms with Crippen molar-refractivity contribution in [2.75, 3.05) is 13.2 Å². The highest BCUT2D eigenvalue weighted by Gasteiger charge is 2.72. The van der Waals surface area contributed by atoms with E-state index < -0.39 is 71.3 Å². The smallest absolute Gasteiger partial charge is 0.317 e. The van der Waals surface area contributed by atoms with Crippen LogP contribution in [-0.4, -0.2) is 71.1 Å². The molecule has 0 amide bonds. The number of rotatable bonds is 8. The number of carbonyl (C=O) groups is 5. The fourth-order valence-corrected chi connectivity index (χ4v) is 12.2. The Kier molecular flexibility index (Phi) is 18.9. The molecule has 318 valence electrons. The third-order valence-electron chi connectivity index (χ3n) is 13.5. The number of carboxylic acid groups (broad SMARTS) is 1. The summed E-state index contributed by atoms with van der Waals surface area (Å²) in [5.41, 5.74) is -0.682. The van der Waals surface area contributed by atoms with E-state index in [-0.39, 0.29) is 126 Å². The summed E-state index contributed by atoms with van der Waals surface area (Å²) in [6.07, 6.45) is 2.99. The number of cyclic esters (lactones) is 2. The number of fused-ring (bicyclic) bond motifs is 6. The fraction of sp³-hybridized carbons (Fsp3) is 0.884. The lowest BCUT2D eigenvalue weighted by atomic mass is 9.54. The van der Waals surface area contributed by atoms with E-state index in [1.807, 2.05) is 27.7 Å². The van der Waals surface area contributed by atoms with Crippen LogP contribution in [0.25, 0.3) is 0 Å². The Morgan fingerprint density at radius 3 is 1.80 bits per heavy atom. The Morgan fingerprint density at radius 2 is 1.28 bits per heavy atom. The molecule has 11 heteroatoms. The van der Waals surface area contributed by atoms with Gasteiger partial charge >= 0.3 is 29.8 Å². The van der Waals surface area contributed by atoms with Gasteiger partial charge in [0, 0.05) is 0 Å². The number of hydrogen-bond donors (Lipinski definition) is 2. The van der Waals surface area contributed by atoms with Gasteiger partial charge in [-0.05, 0) is 112 Å². The van der Waals surface area contributed by atoms with Crippen LogP contribution in [0.3, 0.4) is 0 Å². The second kappa shape index (κ2) is 19.1. The molecule has 7 rings (SSSR count). The van der Waals surface area contributed by atoms with Crippen molar-refractivity contribution in [1.29, 1.82) is 0 Å². The van der Waals surface area contributed by atoms with E-state index in [4.69, 9.17) is 18.9 Å². The first-order valence-corrected chi connectivity index (χ1v) is 17.4. The molecule has 2 N–H and O–H groups in total. The Bertz CT molecular complexity index is 1300. The zero-order valence-corrected chi connectivity index (χ0v) is 27.3. The molecule has 3 heterocycles. The molecule has 17 atom stereocenters. The average Bonchev–Trinajstić information content (AvgIpc) is 3.82. The number of aliphatic carboxylic acids is 1. The van der Waals surface area contributed by atoms with Gasteiger partial charge in [-0.2, -0.15) is 0 Å². The van der Waals surface area contributed by atoms with Gasteiger partial charge in [-0.25, -0.2) is 0 Å². The summed E-state index contributed by atoms with van der Waals surface area (Å²) in [4.78, 5) is 66.9. The summed E-state index contributed by atoms with van der Waals surface area (Å²) >= 11 is 0. The maximum atomic E-state index is 13.9. The van der Waals surface area contributed by atoms with E-state index in [2.05, 4.69) is 6.92 Å². The molecule has 0 aromatic rings. The van der Waals surface area contributed by atoms with Crippen molar-refractivity contribution in [2.24, 2.45) is 88.8 Å². The largest absolute Gasteiger partial charge is 0.481 e. The summed E-state index contributed by atoms with van der Waals surface area (Å²) in [5.74, 6) is -7.10. The molecule has 11 nitrogen and oxygen atoms in total. The van der Waals surface area contributed by atoms with E-state index >= 15 is 0 Å². The Labute approximate surface area is 328 Å². The number of carboxylic acids is 1. The maximum absolute atomic E-state index is 13.9. The van der Waals surface area contributed by atoms with Gasteiger partial charge < -0.3 is 29.2 Å². The standard InChI is InChI=1S/C35H48O11.8CH4/c1-13-15-6-7-16(10-15)20(13)24-25(34(42)45-33(24)41)23-18-11-17(12-19(18)31(39)46-35(3,4)5)22(23)21-14(2)28-27(32(40)43-9-8-36)26(30(37)38)29(21)44-28;;;;;;;;/h13-29,36H,6-12H2,1-5H3,(H,37,38);8*1H4. The first-order chi connectivity index (χ1) is 21.7. The lowest BCUT2D eigenvalue weighted by Gasteiger charge is -2.47. The summed E-state index contributed by atoms with van der Waals surface area (Å²) in [7, 11) is 0. The quantitative estimate of drug-likeness (QED) is 0.139. The molecule has 0 aromatic carbocycles. The number of esters is 4. The van der Waals surface area contributed by atoms with Crippen molar-refractivity contribution in [3.63, 3.8) is 0 Å². The first kappa shape index (κ1) is 53.6. The number of aliphatic hydroxyl groups excluding tert-OH is 1. The molecule has 0 radical (unpaired) electrons. The topological polar surface area (TPSA) is 163 Å². The lowest BCUT2D eigenvalue weighted by Crippen LogP contribution is -2.53. The normalized spacial score (nSPS) is 41.5. The van der Waals surface area contributed by atoms with E-state index in [0.717, 1.165) is 19.3 Å². The highest BCUT2D eigenvalue weighted by molar-refractivity contribution is 5.97.